The fourth-order valence-electron chi connectivity index (χ4n) is 5.05. The van der Waals surface area contributed by atoms with Crippen molar-refractivity contribution in [3.63, 3.8) is 0 Å². The van der Waals surface area contributed by atoms with Gasteiger partial charge in [-0.05, 0) is 73.4 Å². The van der Waals surface area contributed by atoms with Gasteiger partial charge in [-0.1, -0.05) is 44.9 Å². The molecule has 8 heteroatoms. The molecule has 4 aromatic rings. The normalized spacial score (nSPS) is 14.4. The number of methoxy groups -OCH3 is 1. The number of benzene rings is 3. The molecule has 1 aromatic heterocycles. The van der Waals surface area contributed by atoms with Crippen LogP contribution >= 0.6 is 0 Å². The van der Waals surface area contributed by atoms with Crippen molar-refractivity contribution in [2.24, 2.45) is 5.92 Å². The van der Waals surface area contributed by atoms with Crippen molar-refractivity contribution in [3.05, 3.63) is 98.9 Å². The lowest BCUT2D eigenvalue weighted by atomic mass is 9.97. The third kappa shape index (κ3) is 5.49. The fraction of sp³-hybridized carbons (Fsp3) is 0.324. The standard InChI is InChI=1S/C34H35NO7/c1-6-7-16-40-34(38)22-9-12-24(13-10-22)35-30(23-11-15-27(28(18-23)39-5)41-19-20(2)3)29-31(36)25-17-21(4)8-14-26(25)42-32(29)33(35)37/h8-15,17-18,20,30H,6-7,16,19H2,1-5H3. The molecule has 0 radical (unpaired) electrons. The van der Waals surface area contributed by atoms with Crippen LogP contribution in [-0.4, -0.2) is 32.2 Å². The van der Waals surface area contributed by atoms with E-state index in [1.54, 1.807) is 55.6 Å². The summed E-state index contributed by atoms with van der Waals surface area (Å²) in [5.74, 6) is 0.481. The summed E-state index contributed by atoms with van der Waals surface area (Å²) in [6.45, 7) is 8.89. The molecule has 42 heavy (non-hydrogen) atoms. The summed E-state index contributed by atoms with van der Waals surface area (Å²) in [4.78, 5) is 42.0. The van der Waals surface area contributed by atoms with Crippen molar-refractivity contribution in [1.29, 1.82) is 0 Å². The number of anilines is 1. The Labute approximate surface area is 244 Å². The number of unbranched alkanes of at least 4 members (excludes halogenated alkanes) is 1. The monoisotopic (exact) mass is 569 g/mol. The Hall–Kier alpha value is -4.59. The van der Waals surface area contributed by atoms with Crippen molar-refractivity contribution in [2.45, 2.75) is 46.6 Å². The van der Waals surface area contributed by atoms with Gasteiger partial charge in [0, 0.05) is 5.69 Å². The second-order valence-corrected chi connectivity index (χ2v) is 10.9. The van der Waals surface area contributed by atoms with Crippen LogP contribution < -0.4 is 19.8 Å². The van der Waals surface area contributed by atoms with E-state index in [4.69, 9.17) is 18.6 Å². The number of fused-ring (bicyclic) bond motifs is 2. The molecule has 1 unspecified atom stereocenters. The first-order valence-electron chi connectivity index (χ1n) is 14.2. The molecule has 1 atom stereocenters. The Morgan fingerprint density at radius 1 is 1.00 bits per heavy atom. The highest BCUT2D eigenvalue weighted by atomic mass is 16.5. The number of amides is 1. The second-order valence-electron chi connectivity index (χ2n) is 10.9. The molecule has 218 valence electrons. The quantitative estimate of drug-likeness (QED) is 0.152. The lowest BCUT2D eigenvalue weighted by Gasteiger charge is -2.26. The van der Waals surface area contributed by atoms with Crippen LogP contribution in [0, 0.1) is 12.8 Å². The first-order chi connectivity index (χ1) is 20.2. The molecule has 0 saturated carbocycles. The Morgan fingerprint density at radius 2 is 1.76 bits per heavy atom. The molecule has 2 heterocycles. The molecule has 0 saturated heterocycles. The number of hydrogen-bond donors (Lipinski definition) is 0. The minimum absolute atomic E-state index is 0.0106. The van der Waals surface area contributed by atoms with E-state index in [0.29, 0.717) is 58.4 Å². The number of esters is 1. The topological polar surface area (TPSA) is 95.3 Å². The van der Waals surface area contributed by atoms with Gasteiger partial charge in [-0.2, -0.15) is 0 Å². The molecule has 0 fully saturated rings. The number of aryl methyl sites for hydroxylation is 1. The third-order valence-electron chi connectivity index (χ3n) is 7.21. The molecule has 3 aromatic carbocycles. The number of rotatable bonds is 10. The van der Waals surface area contributed by atoms with Crippen molar-refractivity contribution >= 4 is 28.5 Å². The fourth-order valence-corrected chi connectivity index (χ4v) is 5.05. The van der Waals surface area contributed by atoms with E-state index in [0.717, 1.165) is 18.4 Å². The van der Waals surface area contributed by atoms with Gasteiger partial charge in [0.2, 0.25) is 5.76 Å². The van der Waals surface area contributed by atoms with Crippen LogP contribution in [0.3, 0.4) is 0 Å². The molecule has 5 rings (SSSR count). The average Bonchev–Trinajstić information content (AvgIpc) is 3.28. The zero-order chi connectivity index (χ0) is 30.0. The Bertz CT molecular complexity index is 1690. The second kappa shape index (κ2) is 12.1. The van der Waals surface area contributed by atoms with E-state index >= 15 is 0 Å². The smallest absolute Gasteiger partial charge is 0.338 e. The lowest BCUT2D eigenvalue weighted by molar-refractivity contribution is 0.0499. The third-order valence-corrected chi connectivity index (χ3v) is 7.21. The minimum atomic E-state index is -0.802. The molecule has 0 spiro atoms. The first kappa shape index (κ1) is 28.9. The Balaban J connectivity index is 1.62. The molecular formula is C34H35NO7. The van der Waals surface area contributed by atoms with Gasteiger partial charge in [0.25, 0.3) is 5.91 Å². The molecule has 1 aliphatic rings. The number of carbonyl (C=O) groups excluding carboxylic acids is 2. The van der Waals surface area contributed by atoms with Gasteiger partial charge in [-0.3, -0.25) is 14.5 Å². The van der Waals surface area contributed by atoms with E-state index < -0.39 is 17.9 Å². The zero-order valence-corrected chi connectivity index (χ0v) is 24.6. The molecule has 0 N–H and O–H groups in total. The van der Waals surface area contributed by atoms with Gasteiger partial charge in [0.1, 0.15) is 5.58 Å². The van der Waals surface area contributed by atoms with Crippen LogP contribution in [0.15, 0.2) is 69.9 Å². The van der Waals surface area contributed by atoms with E-state index in [-0.39, 0.29) is 16.8 Å². The van der Waals surface area contributed by atoms with Gasteiger partial charge in [-0.25, -0.2) is 4.79 Å². The summed E-state index contributed by atoms with van der Waals surface area (Å²) in [6.07, 6.45) is 1.70. The summed E-state index contributed by atoms with van der Waals surface area (Å²) in [6, 6.07) is 16.5. The van der Waals surface area contributed by atoms with E-state index in [1.165, 1.54) is 4.90 Å². The maximum atomic E-state index is 14.0. The van der Waals surface area contributed by atoms with Crippen LogP contribution in [0.25, 0.3) is 11.0 Å². The van der Waals surface area contributed by atoms with Gasteiger partial charge < -0.3 is 18.6 Å². The highest BCUT2D eigenvalue weighted by Gasteiger charge is 2.44. The number of carbonyl (C=O) groups is 2. The van der Waals surface area contributed by atoms with Gasteiger partial charge >= 0.3 is 5.97 Å². The zero-order valence-electron chi connectivity index (χ0n) is 24.6. The van der Waals surface area contributed by atoms with Gasteiger partial charge in [0.05, 0.1) is 42.9 Å². The first-order valence-corrected chi connectivity index (χ1v) is 14.2. The Morgan fingerprint density at radius 3 is 2.45 bits per heavy atom. The van der Waals surface area contributed by atoms with Crippen LogP contribution in [0.1, 0.15) is 77.3 Å². The van der Waals surface area contributed by atoms with Gasteiger partial charge in [-0.15, -0.1) is 0 Å². The van der Waals surface area contributed by atoms with Crippen molar-refractivity contribution < 1.29 is 28.2 Å². The lowest BCUT2D eigenvalue weighted by Crippen LogP contribution is -2.29. The molecule has 8 nitrogen and oxygen atoms in total. The van der Waals surface area contributed by atoms with Crippen LogP contribution in [0.5, 0.6) is 11.5 Å². The van der Waals surface area contributed by atoms with Crippen LogP contribution in [-0.2, 0) is 4.74 Å². The molecule has 0 aliphatic carbocycles. The maximum Gasteiger partial charge on any atom is 0.338 e. The van der Waals surface area contributed by atoms with E-state index in [9.17, 15) is 14.4 Å². The maximum absolute atomic E-state index is 14.0. The summed E-state index contributed by atoms with van der Waals surface area (Å²) in [7, 11) is 1.55. The summed E-state index contributed by atoms with van der Waals surface area (Å²) >= 11 is 0. The molecule has 0 bridgehead atoms. The predicted molar refractivity (Wildman–Crippen MR) is 161 cm³/mol. The SMILES string of the molecule is CCCCOC(=O)c1ccc(N2C(=O)c3oc4ccc(C)cc4c(=O)c3C2c2ccc(OCC(C)C)c(OC)c2)cc1. The largest absolute Gasteiger partial charge is 0.493 e. The van der Waals surface area contributed by atoms with Crippen molar-refractivity contribution in [2.75, 3.05) is 25.2 Å². The Kier molecular flexibility index (Phi) is 8.34. The molecular weight excluding hydrogens is 534 g/mol. The number of ether oxygens (including phenoxy) is 3. The summed E-state index contributed by atoms with van der Waals surface area (Å²) in [5, 5.41) is 0.405. The van der Waals surface area contributed by atoms with Crippen molar-refractivity contribution in [3.8, 4) is 11.5 Å². The number of nitrogens with zero attached hydrogens (tertiary/aromatic N) is 1. The van der Waals surface area contributed by atoms with Gasteiger partial charge in [0.15, 0.2) is 16.9 Å². The molecule has 1 aliphatic heterocycles. The van der Waals surface area contributed by atoms with Crippen molar-refractivity contribution in [1.82, 2.24) is 0 Å². The highest BCUT2D eigenvalue weighted by Crippen LogP contribution is 2.43. The van der Waals surface area contributed by atoms with Crippen LogP contribution in [0.2, 0.25) is 0 Å². The summed E-state index contributed by atoms with van der Waals surface area (Å²) < 4.78 is 23.0. The summed E-state index contributed by atoms with van der Waals surface area (Å²) in [5.41, 5.74) is 2.75. The predicted octanol–water partition coefficient (Wildman–Crippen LogP) is 6.85. The van der Waals surface area contributed by atoms with E-state index in [1.807, 2.05) is 26.0 Å². The number of hydrogen-bond acceptors (Lipinski definition) is 7. The molecule has 1 amide bonds. The minimum Gasteiger partial charge on any atom is -0.493 e. The van der Waals surface area contributed by atoms with Crippen LogP contribution in [0.4, 0.5) is 5.69 Å². The average molecular weight is 570 g/mol. The van der Waals surface area contributed by atoms with E-state index in [2.05, 4.69) is 13.8 Å². The highest BCUT2D eigenvalue weighted by molar-refractivity contribution is 6.11.